The van der Waals surface area contributed by atoms with E-state index in [-0.39, 0.29) is 5.75 Å². The van der Waals surface area contributed by atoms with Gasteiger partial charge in [-0.25, -0.2) is 4.39 Å². The van der Waals surface area contributed by atoms with Gasteiger partial charge in [-0.15, -0.1) is 0 Å². The minimum atomic E-state index is -1.47. The SMILES string of the molecule is COc1ccc(CS(=O)c2cc(N)ccc2Cl)c(F)c1. The van der Waals surface area contributed by atoms with Gasteiger partial charge in [-0.1, -0.05) is 17.7 Å². The Balaban J connectivity index is 2.25. The van der Waals surface area contributed by atoms with Gasteiger partial charge >= 0.3 is 0 Å². The average Bonchev–Trinajstić information content (AvgIpc) is 2.43. The largest absolute Gasteiger partial charge is 0.497 e. The molecule has 0 fully saturated rings. The first kappa shape index (κ1) is 14.8. The molecule has 2 rings (SSSR count). The molecular weight excluding hydrogens is 301 g/mol. The zero-order chi connectivity index (χ0) is 14.7. The molecule has 0 saturated carbocycles. The maximum Gasteiger partial charge on any atom is 0.131 e. The van der Waals surface area contributed by atoms with E-state index < -0.39 is 16.6 Å². The van der Waals surface area contributed by atoms with Gasteiger partial charge in [0.15, 0.2) is 0 Å². The van der Waals surface area contributed by atoms with E-state index in [0.29, 0.717) is 26.9 Å². The van der Waals surface area contributed by atoms with E-state index in [1.807, 2.05) is 0 Å². The molecule has 2 aromatic carbocycles. The molecule has 2 N–H and O–H groups in total. The van der Waals surface area contributed by atoms with Gasteiger partial charge < -0.3 is 10.5 Å². The van der Waals surface area contributed by atoms with Crippen molar-refractivity contribution in [1.82, 2.24) is 0 Å². The molecule has 0 heterocycles. The van der Waals surface area contributed by atoms with Crippen molar-refractivity contribution in [3.8, 4) is 5.75 Å². The molecule has 0 bridgehead atoms. The fraction of sp³-hybridized carbons (Fsp3) is 0.143. The molecule has 6 heteroatoms. The Labute approximate surface area is 124 Å². The van der Waals surface area contributed by atoms with Crippen molar-refractivity contribution in [3.05, 3.63) is 52.8 Å². The van der Waals surface area contributed by atoms with Gasteiger partial charge in [0, 0.05) is 17.3 Å². The lowest BCUT2D eigenvalue weighted by Gasteiger charge is -2.08. The molecule has 1 atom stereocenters. The molecule has 106 valence electrons. The Bertz CT molecular complexity index is 664. The minimum absolute atomic E-state index is 0.0268. The highest BCUT2D eigenvalue weighted by Gasteiger charge is 2.13. The van der Waals surface area contributed by atoms with Gasteiger partial charge in [0.25, 0.3) is 0 Å². The smallest absolute Gasteiger partial charge is 0.131 e. The molecule has 0 aliphatic rings. The minimum Gasteiger partial charge on any atom is -0.497 e. The first-order valence-corrected chi connectivity index (χ1v) is 7.46. The van der Waals surface area contributed by atoms with Crippen molar-refractivity contribution in [2.75, 3.05) is 12.8 Å². The Morgan fingerprint density at radius 2 is 2.05 bits per heavy atom. The summed E-state index contributed by atoms with van der Waals surface area (Å²) < 4.78 is 31.0. The van der Waals surface area contributed by atoms with E-state index in [0.717, 1.165) is 0 Å². The Kier molecular flexibility index (Phi) is 4.62. The number of methoxy groups -OCH3 is 1. The second-order valence-electron chi connectivity index (χ2n) is 4.14. The normalized spacial score (nSPS) is 12.2. The third kappa shape index (κ3) is 3.29. The zero-order valence-corrected chi connectivity index (χ0v) is 12.3. The molecule has 20 heavy (non-hydrogen) atoms. The summed E-state index contributed by atoms with van der Waals surface area (Å²) >= 11 is 5.98. The molecular formula is C14H13ClFNO2S. The van der Waals surface area contributed by atoms with Crippen molar-refractivity contribution in [1.29, 1.82) is 0 Å². The highest BCUT2D eigenvalue weighted by Crippen LogP contribution is 2.25. The Morgan fingerprint density at radius 1 is 1.30 bits per heavy atom. The van der Waals surface area contributed by atoms with Crippen molar-refractivity contribution in [2.24, 2.45) is 0 Å². The molecule has 3 nitrogen and oxygen atoms in total. The predicted octanol–water partition coefficient (Wildman–Crippen LogP) is 3.38. The second kappa shape index (κ2) is 6.24. The summed E-state index contributed by atoms with van der Waals surface area (Å²) in [5, 5.41) is 0.353. The quantitative estimate of drug-likeness (QED) is 0.880. The number of ether oxygens (including phenoxy) is 1. The van der Waals surface area contributed by atoms with Crippen LogP contribution in [0.2, 0.25) is 5.02 Å². The van der Waals surface area contributed by atoms with Crippen LogP contribution < -0.4 is 10.5 Å². The van der Waals surface area contributed by atoms with Gasteiger partial charge in [-0.3, -0.25) is 4.21 Å². The van der Waals surface area contributed by atoms with Crippen molar-refractivity contribution < 1.29 is 13.3 Å². The number of benzene rings is 2. The molecule has 0 aliphatic heterocycles. The number of nitrogen functional groups attached to an aromatic ring is 1. The van der Waals surface area contributed by atoms with E-state index in [2.05, 4.69) is 0 Å². The van der Waals surface area contributed by atoms with Crippen LogP contribution in [0.3, 0.4) is 0 Å². The number of hydrogen-bond acceptors (Lipinski definition) is 3. The van der Waals surface area contributed by atoms with Crippen LogP contribution in [-0.2, 0) is 16.6 Å². The molecule has 0 spiro atoms. The van der Waals surface area contributed by atoms with Gasteiger partial charge in [0.05, 0.1) is 33.6 Å². The van der Waals surface area contributed by atoms with Crippen LogP contribution >= 0.6 is 11.6 Å². The number of rotatable bonds is 4. The Hall–Kier alpha value is -1.59. The molecule has 1 unspecified atom stereocenters. The van der Waals surface area contributed by atoms with Crippen molar-refractivity contribution in [2.45, 2.75) is 10.6 Å². The number of halogens is 2. The highest BCUT2D eigenvalue weighted by atomic mass is 35.5. The van der Waals surface area contributed by atoms with Crippen LogP contribution in [0.25, 0.3) is 0 Å². The van der Waals surface area contributed by atoms with E-state index >= 15 is 0 Å². The fourth-order valence-electron chi connectivity index (χ4n) is 1.69. The number of anilines is 1. The van der Waals surface area contributed by atoms with Gasteiger partial charge in [0.2, 0.25) is 0 Å². The number of hydrogen-bond donors (Lipinski definition) is 1. The van der Waals surface area contributed by atoms with E-state index in [1.54, 1.807) is 30.3 Å². The summed E-state index contributed by atoms with van der Waals surface area (Å²) in [6.45, 7) is 0. The Morgan fingerprint density at radius 3 is 2.70 bits per heavy atom. The zero-order valence-electron chi connectivity index (χ0n) is 10.7. The van der Waals surface area contributed by atoms with Gasteiger partial charge in [-0.2, -0.15) is 0 Å². The summed E-state index contributed by atoms with van der Waals surface area (Å²) in [7, 11) is -0.0104. The third-order valence-corrected chi connectivity index (χ3v) is 4.59. The van der Waals surface area contributed by atoms with Crippen molar-refractivity contribution >= 4 is 28.1 Å². The molecule has 0 amide bonds. The van der Waals surface area contributed by atoms with Crippen molar-refractivity contribution in [3.63, 3.8) is 0 Å². The summed E-state index contributed by atoms with van der Waals surface area (Å²) in [6.07, 6.45) is 0. The summed E-state index contributed by atoms with van der Waals surface area (Å²) in [5.74, 6) is -0.0179. The monoisotopic (exact) mass is 313 g/mol. The van der Waals surface area contributed by atoms with Gasteiger partial charge in [-0.05, 0) is 24.3 Å². The second-order valence-corrected chi connectivity index (χ2v) is 5.96. The third-order valence-electron chi connectivity index (χ3n) is 2.75. The molecule has 2 aromatic rings. The predicted molar refractivity (Wildman–Crippen MR) is 78.9 cm³/mol. The highest BCUT2D eigenvalue weighted by molar-refractivity contribution is 7.84. The lowest BCUT2D eigenvalue weighted by Crippen LogP contribution is -2.01. The summed E-state index contributed by atoms with van der Waals surface area (Å²) in [5.41, 5.74) is 6.44. The first-order chi connectivity index (χ1) is 9.51. The standard InChI is InChI=1S/C14H13ClFNO2S/c1-19-11-4-2-9(13(16)7-11)8-20(18)14-6-10(17)3-5-12(14)15/h2-7H,8,17H2,1H3. The summed E-state index contributed by atoms with van der Waals surface area (Å²) in [6, 6.07) is 9.17. The maximum absolute atomic E-state index is 13.8. The van der Waals surface area contributed by atoms with Crippen LogP contribution in [0.15, 0.2) is 41.3 Å². The first-order valence-electron chi connectivity index (χ1n) is 5.77. The topological polar surface area (TPSA) is 52.3 Å². The summed E-state index contributed by atoms with van der Waals surface area (Å²) in [4.78, 5) is 0.405. The maximum atomic E-state index is 13.8. The number of nitrogens with two attached hydrogens (primary N) is 1. The van der Waals surface area contributed by atoms with Crippen LogP contribution in [0.4, 0.5) is 10.1 Å². The van der Waals surface area contributed by atoms with Crippen LogP contribution in [-0.4, -0.2) is 11.3 Å². The fourth-order valence-corrected chi connectivity index (χ4v) is 3.29. The van der Waals surface area contributed by atoms with E-state index in [1.165, 1.54) is 13.2 Å². The lowest BCUT2D eigenvalue weighted by atomic mass is 10.2. The molecule has 0 saturated heterocycles. The van der Waals surface area contributed by atoms with Crippen LogP contribution in [0.1, 0.15) is 5.56 Å². The van der Waals surface area contributed by atoms with E-state index in [9.17, 15) is 8.60 Å². The van der Waals surface area contributed by atoms with Gasteiger partial charge in [0.1, 0.15) is 11.6 Å². The molecule has 0 aliphatic carbocycles. The molecule has 0 aromatic heterocycles. The molecule has 0 radical (unpaired) electrons. The van der Waals surface area contributed by atoms with Crippen LogP contribution in [0.5, 0.6) is 5.75 Å². The van der Waals surface area contributed by atoms with E-state index in [4.69, 9.17) is 22.1 Å². The van der Waals surface area contributed by atoms with Crippen LogP contribution in [0, 0.1) is 5.82 Å². The lowest BCUT2D eigenvalue weighted by molar-refractivity contribution is 0.411. The average molecular weight is 314 g/mol.